The van der Waals surface area contributed by atoms with Gasteiger partial charge in [-0.25, -0.2) is 13.8 Å². The quantitative estimate of drug-likeness (QED) is 0.664. The topological polar surface area (TPSA) is 60.2 Å². The number of aromatic nitrogens is 1. The third-order valence-electron chi connectivity index (χ3n) is 2.37. The molecule has 0 spiro atoms. The number of pyridine rings is 1. The molecule has 1 aromatic heterocycles. The summed E-state index contributed by atoms with van der Waals surface area (Å²) in [4.78, 5) is 3.89. The molecule has 6 heteroatoms. The molecule has 0 amide bonds. The summed E-state index contributed by atoms with van der Waals surface area (Å²) in [5.41, 5.74) is 3.80. The highest BCUT2D eigenvalue weighted by atomic mass is 19.1. The summed E-state index contributed by atoms with van der Waals surface area (Å²) in [6.07, 6.45) is 1.42. The summed E-state index contributed by atoms with van der Waals surface area (Å²) in [6, 6.07) is 5.01. The number of anilines is 1. The standard InChI is InChI=1S/C12H11F2N3O.C2H6/c1-7-5-11(16-6-10(7)17-15)18-12-8(13)3-2-4-9(12)14;1-2/h2-6,17H,15H2,1H3;1-2H3. The van der Waals surface area contributed by atoms with Crippen molar-refractivity contribution in [1.82, 2.24) is 4.98 Å². The fourth-order valence-corrected chi connectivity index (χ4v) is 1.42. The Bertz CT molecular complexity index is 556. The van der Waals surface area contributed by atoms with Crippen LogP contribution < -0.4 is 16.0 Å². The molecule has 0 unspecified atom stereocenters. The number of rotatable bonds is 3. The summed E-state index contributed by atoms with van der Waals surface area (Å²) in [7, 11) is 0. The Morgan fingerprint density at radius 2 is 1.80 bits per heavy atom. The molecule has 1 aromatic carbocycles. The minimum absolute atomic E-state index is 0.0931. The van der Waals surface area contributed by atoms with Gasteiger partial charge in [-0.2, -0.15) is 0 Å². The summed E-state index contributed by atoms with van der Waals surface area (Å²) < 4.78 is 31.8. The lowest BCUT2D eigenvalue weighted by Crippen LogP contribution is -2.08. The molecule has 3 N–H and O–H groups in total. The summed E-state index contributed by atoms with van der Waals surface area (Å²) in [6.45, 7) is 5.77. The SMILES string of the molecule is CC.Cc1cc(Oc2c(F)cccc2F)ncc1NN. The van der Waals surface area contributed by atoms with E-state index >= 15 is 0 Å². The molecule has 0 aliphatic carbocycles. The van der Waals surface area contributed by atoms with E-state index in [0.717, 1.165) is 17.7 Å². The Kier molecular flexibility index (Phi) is 5.86. The molecule has 20 heavy (non-hydrogen) atoms. The van der Waals surface area contributed by atoms with Crippen LogP contribution in [0.15, 0.2) is 30.5 Å². The maximum absolute atomic E-state index is 13.4. The predicted octanol–water partition coefficient (Wildman–Crippen LogP) is 3.77. The summed E-state index contributed by atoms with van der Waals surface area (Å²) in [5.74, 6) is 3.31. The van der Waals surface area contributed by atoms with Gasteiger partial charge in [0.25, 0.3) is 0 Å². The zero-order chi connectivity index (χ0) is 15.1. The number of hydrogen-bond donors (Lipinski definition) is 2. The maximum Gasteiger partial charge on any atom is 0.219 e. The zero-order valence-corrected chi connectivity index (χ0v) is 11.6. The molecule has 0 bridgehead atoms. The molecule has 0 radical (unpaired) electrons. The monoisotopic (exact) mass is 281 g/mol. The first-order valence-corrected chi connectivity index (χ1v) is 6.17. The van der Waals surface area contributed by atoms with Crippen LogP contribution in [0, 0.1) is 18.6 Å². The lowest BCUT2D eigenvalue weighted by molar-refractivity contribution is 0.395. The van der Waals surface area contributed by atoms with Gasteiger partial charge in [0.05, 0.1) is 11.9 Å². The van der Waals surface area contributed by atoms with Crippen molar-refractivity contribution in [2.45, 2.75) is 20.8 Å². The van der Waals surface area contributed by atoms with Crippen molar-refractivity contribution >= 4 is 5.69 Å². The first kappa shape index (κ1) is 15.8. The van der Waals surface area contributed by atoms with Gasteiger partial charge in [-0.3, -0.25) is 5.84 Å². The van der Waals surface area contributed by atoms with Gasteiger partial charge in [0.15, 0.2) is 11.6 Å². The molecule has 0 aliphatic rings. The van der Waals surface area contributed by atoms with Crippen LogP contribution in [0.1, 0.15) is 19.4 Å². The van der Waals surface area contributed by atoms with Gasteiger partial charge in [-0.1, -0.05) is 19.9 Å². The van der Waals surface area contributed by atoms with E-state index in [0.29, 0.717) is 5.69 Å². The minimum Gasteiger partial charge on any atom is -0.433 e. The number of nitrogens with two attached hydrogens (primary N) is 1. The molecular weight excluding hydrogens is 264 g/mol. The highest BCUT2D eigenvalue weighted by Gasteiger charge is 2.12. The van der Waals surface area contributed by atoms with Crippen molar-refractivity contribution in [1.29, 1.82) is 0 Å². The Hall–Kier alpha value is -2.21. The second-order valence-corrected chi connectivity index (χ2v) is 3.63. The molecule has 0 saturated carbocycles. The fourth-order valence-electron chi connectivity index (χ4n) is 1.42. The number of nitrogen functional groups attached to an aromatic ring is 1. The largest absolute Gasteiger partial charge is 0.433 e. The number of hydrogen-bond acceptors (Lipinski definition) is 4. The van der Waals surface area contributed by atoms with Crippen molar-refractivity contribution in [2.75, 3.05) is 5.43 Å². The Labute approximate surface area is 116 Å². The average molecular weight is 281 g/mol. The summed E-state index contributed by atoms with van der Waals surface area (Å²) in [5, 5.41) is 0. The number of halogens is 2. The van der Waals surface area contributed by atoms with Gasteiger partial charge in [0, 0.05) is 6.07 Å². The fraction of sp³-hybridized carbons (Fsp3) is 0.214. The third-order valence-corrected chi connectivity index (χ3v) is 2.37. The van der Waals surface area contributed by atoms with Crippen LogP contribution in [-0.4, -0.2) is 4.98 Å². The van der Waals surface area contributed by atoms with Crippen LogP contribution >= 0.6 is 0 Å². The van der Waals surface area contributed by atoms with E-state index in [9.17, 15) is 8.78 Å². The van der Waals surface area contributed by atoms with Gasteiger partial charge in [-0.05, 0) is 24.6 Å². The third kappa shape index (κ3) is 3.64. The Morgan fingerprint density at radius 1 is 1.20 bits per heavy atom. The lowest BCUT2D eigenvalue weighted by Gasteiger charge is -2.09. The lowest BCUT2D eigenvalue weighted by atomic mass is 10.2. The van der Waals surface area contributed by atoms with Crippen LogP contribution in [0.2, 0.25) is 0 Å². The van der Waals surface area contributed by atoms with E-state index in [2.05, 4.69) is 10.4 Å². The molecule has 108 valence electrons. The van der Waals surface area contributed by atoms with Crippen LogP contribution in [0.3, 0.4) is 0 Å². The zero-order valence-electron chi connectivity index (χ0n) is 11.6. The Morgan fingerprint density at radius 3 is 2.30 bits per heavy atom. The van der Waals surface area contributed by atoms with Crippen molar-refractivity contribution in [2.24, 2.45) is 5.84 Å². The molecule has 0 atom stereocenters. The Balaban J connectivity index is 0.000000956. The van der Waals surface area contributed by atoms with E-state index in [1.165, 1.54) is 18.3 Å². The summed E-state index contributed by atoms with van der Waals surface area (Å²) >= 11 is 0. The first-order valence-electron chi connectivity index (χ1n) is 6.17. The normalized spacial score (nSPS) is 9.50. The second kappa shape index (κ2) is 7.40. The highest BCUT2D eigenvalue weighted by molar-refractivity contribution is 5.49. The smallest absolute Gasteiger partial charge is 0.219 e. The van der Waals surface area contributed by atoms with Crippen LogP contribution in [0.5, 0.6) is 11.6 Å². The number of hydrazine groups is 1. The van der Waals surface area contributed by atoms with Gasteiger partial charge >= 0.3 is 0 Å². The van der Waals surface area contributed by atoms with Crippen LogP contribution in [0.25, 0.3) is 0 Å². The van der Waals surface area contributed by atoms with E-state index in [-0.39, 0.29) is 5.88 Å². The van der Waals surface area contributed by atoms with Crippen LogP contribution in [-0.2, 0) is 0 Å². The predicted molar refractivity (Wildman–Crippen MR) is 74.6 cm³/mol. The number of ether oxygens (including phenoxy) is 1. The van der Waals surface area contributed by atoms with Gasteiger partial charge in [0.1, 0.15) is 0 Å². The van der Waals surface area contributed by atoms with Crippen molar-refractivity contribution in [3.05, 3.63) is 47.7 Å². The van der Waals surface area contributed by atoms with E-state index < -0.39 is 17.4 Å². The van der Waals surface area contributed by atoms with Gasteiger partial charge < -0.3 is 10.2 Å². The maximum atomic E-state index is 13.4. The number of para-hydroxylation sites is 1. The first-order chi connectivity index (χ1) is 9.61. The molecule has 0 saturated heterocycles. The second-order valence-electron chi connectivity index (χ2n) is 3.63. The molecular formula is C14H17F2N3O. The molecule has 2 aromatic rings. The molecule has 1 heterocycles. The number of nitrogens with one attached hydrogen (secondary N) is 1. The van der Waals surface area contributed by atoms with E-state index in [1.54, 1.807) is 6.92 Å². The molecule has 0 aliphatic heterocycles. The number of benzene rings is 1. The minimum atomic E-state index is -0.782. The van der Waals surface area contributed by atoms with E-state index in [4.69, 9.17) is 10.6 Å². The highest BCUT2D eigenvalue weighted by Crippen LogP contribution is 2.27. The molecule has 0 fully saturated rings. The molecule has 2 rings (SSSR count). The van der Waals surface area contributed by atoms with E-state index in [1.807, 2.05) is 13.8 Å². The number of nitrogens with zero attached hydrogens (tertiary/aromatic N) is 1. The van der Waals surface area contributed by atoms with Gasteiger partial charge in [-0.15, -0.1) is 0 Å². The number of aryl methyl sites for hydroxylation is 1. The van der Waals surface area contributed by atoms with Crippen molar-refractivity contribution < 1.29 is 13.5 Å². The molecule has 4 nitrogen and oxygen atoms in total. The van der Waals surface area contributed by atoms with Crippen molar-refractivity contribution in [3.63, 3.8) is 0 Å². The van der Waals surface area contributed by atoms with Crippen LogP contribution in [0.4, 0.5) is 14.5 Å². The van der Waals surface area contributed by atoms with Gasteiger partial charge in [0.2, 0.25) is 11.6 Å². The van der Waals surface area contributed by atoms with Crippen molar-refractivity contribution in [3.8, 4) is 11.6 Å². The average Bonchev–Trinajstić information content (AvgIpc) is 2.45.